The van der Waals surface area contributed by atoms with Crippen molar-refractivity contribution in [2.24, 2.45) is 11.3 Å². The van der Waals surface area contributed by atoms with Crippen molar-refractivity contribution in [1.82, 2.24) is 4.72 Å². The van der Waals surface area contributed by atoms with Crippen LogP contribution in [0.4, 0.5) is 0 Å². The molecule has 0 saturated carbocycles. The van der Waals surface area contributed by atoms with Crippen LogP contribution >= 0.6 is 0 Å². The number of hydrogen-bond acceptors (Lipinski definition) is 3. The zero-order valence-corrected chi connectivity index (χ0v) is 11.1. The molecule has 1 unspecified atom stereocenters. The van der Waals surface area contributed by atoms with Gasteiger partial charge in [-0.3, -0.25) is 4.79 Å². The van der Waals surface area contributed by atoms with Gasteiger partial charge in [0.25, 0.3) is 0 Å². The topological polar surface area (TPSA) is 83.5 Å². The molecule has 0 heterocycles. The van der Waals surface area contributed by atoms with Gasteiger partial charge in [0, 0.05) is 6.54 Å². The first-order chi connectivity index (χ1) is 7.03. The normalized spacial score (nSPS) is 14.8. The van der Waals surface area contributed by atoms with Crippen molar-refractivity contribution in [3.05, 3.63) is 0 Å². The van der Waals surface area contributed by atoms with Crippen LogP contribution in [0.3, 0.4) is 0 Å². The van der Waals surface area contributed by atoms with Gasteiger partial charge < -0.3 is 5.11 Å². The third kappa shape index (κ3) is 7.64. The van der Waals surface area contributed by atoms with Gasteiger partial charge in [0.05, 0.1) is 11.7 Å². The van der Waals surface area contributed by atoms with E-state index in [9.17, 15) is 13.2 Å². The van der Waals surface area contributed by atoms with Gasteiger partial charge in [-0.2, -0.15) is 0 Å². The molecule has 0 saturated heterocycles. The molecule has 0 rings (SSSR count). The fourth-order valence-electron chi connectivity index (χ4n) is 1.18. The molecular formula is C10H21NO4S. The van der Waals surface area contributed by atoms with Crippen molar-refractivity contribution in [2.75, 3.05) is 12.3 Å². The largest absolute Gasteiger partial charge is 0.481 e. The summed E-state index contributed by atoms with van der Waals surface area (Å²) in [4.78, 5) is 10.5. The lowest BCUT2D eigenvalue weighted by Crippen LogP contribution is -2.33. The number of nitrogens with one attached hydrogen (secondary N) is 1. The van der Waals surface area contributed by atoms with Crippen LogP contribution in [0.25, 0.3) is 0 Å². The van der Waals surface area contributed by atoms with Crippen LogP contribution < -0.4 is 4.72 Å². The number of carbonyl (C=O) groups is 1. The molecule has 0 aromatic carbocycles. The van der Waals surface area contributed by atoms with Crippen LogP contribution in [0.2, 0.25) is 0 Å². The number of carboxylic acids is 1. The van der Waals surface area contributed by atoms with E-state index < -0.39 is 21.9 Å². The Morgan fingerprint density at radius 2 is 1.88 bits per heavy atom. The monoisotopic (exact) mass is 251 g/mol. The van der Waals surface area contributed by atoms with Gasteiger partial charge in [-0.05, 0) is 11.8 Å². The molecule has 0 aromatic rings. The standard InChI is InChI=1S/C10H21NO4S/c1-8(9(12)13)5-6-11-16(14,15)7-10(2,3)4/h8,11H,5-7H2,1-4H3,(H,12,13). The molecule has 0 aliphatic heterocycles. The Morgan fingerprint density at radius 1 is 1.38 bits per heavy atom. The van der Waals surface area contributed by atoms with Crippen LogP contribution in [0.5, 0.6) is 0 Å². The molecule has 96 valence electrons. The van der Waals surface area contributed by atoms with E-state index in [0.717, 1.165) is 0 Å². The summed E-state index contributed by atoms with van der Waals surface area (Å²) < 4.78 is 25.5. The highest BCUT2D eigenvalue weighted by atomic mass is 32.2. The van der Waals surface area contributed by atoms with Gasteiger partial charge in [0.15, 0.2) is 0 Å². The molecule has 0 aliphatic carbocycles. The van der Waals surface area contributed by atoms with Gasteiger partial charge in [0.1, 0.15) is 0 Å². The number of sulfonamides is 1. The minimum atomic E-state index is -3.30. The summed E-state index contributed by atoms with van der Waals surface area (Å²) in [7, 11) is -3.30. The summed E-state index contributed by atoms with van der Waals surface area (Å²) in [5.41, 5.74) is -0.301. The van der Waals surface area contributed by atoms with Gasteiger partial charge in [-0.1, -0.05) is 27.7 Å². The van der Waals surface area contributed by atoms with E-state index in [-0.39, 0.29) is 17.7 Å². The highest BCUT2D eigenvalue weighted by Gasteiger charge is 2.21. The van der Waals surface area contributed by atoms with Crippen molar-refractivity contribution in [2.45, 2.75) is 34.1 Å². The number of aliphatic carboxylic acids is 1. The van der Waals surface area contributed by atoms with E-state index in [2.05, 4.69) is 4.72 Å². The van der Waals surface area contributed by atoms with E-state index in [1.54, 1.807) is 6.92 Å². The summed E-state index contributed by atoms with van der Waals surface area (Å²) >= 11 is 0. The number of rotatable bonds is 6. The molecule has 0 aromatic heterocycles. The summed E-state index contributed by atoms with van der Waals surface area (Å²) in [5, 5.41) is 8.62. The third-order valence-corrected chi connectivity index (χ3v) is 3.83. The second kappa shape index (κ2) is 5.63. The highest BCUT2D eigenvalue weighted by Crippen LogP contribution is 2.15. The van der Waals surface area contributed by atoms with Crippen molar-refractivity contribution >= 4 is 16.0 Å². The van der Waals surface area contributed by atoms with Crippen LogP contribution in [0.15, 0.2) is 0 Å². The quantitative estimate of drug-likeness (QED) is 0.739. The Hall–Kier alpha value is -0.620. The molecule has 0 spiro atoms. The maximum absolute atomic E-state index is 11.5. The fraction of sp³-hybridized carbons (Fsp3) is 0.900. The maximum atomic E-state index is 11.5. The molecule has 0 fully saturated rings. The van der Waals surface area contributed by atoms with Crippen LogP contribution in [0, 0.1) is 11.3 Å². The minimum Gasteiger partial charge on any atom is -0.481 e. The van der Waals surface area contributed by atoms with Crippen molar-refractivity contribution < 1.29 is 18.3 Å². The van der Waals surface area contributed by atoms with Crippen molar-refractivity contribution in [3.8, 4) is 0 Å². The van der Waals surface area contributed by atoms with Crippen LogP contribution in [-0.2, 0) is 14.8 Å². The molecule has 0 bridgehead atoms. The summed E-state index contributed by atoms with van der Waals surface area (Å²) in [6, 6.07) is 0. The molecule has 1 atom stereocenters. The minimum absolute atomic E-state index is 0.0431. The first kappa shape index (κ1) is 15.4. The third-order valence-electron chi connectivity index (χ3n) is 1.94. The lowest BCUT2D eigenvalue weighted by atomic mass is 10.0. The molecule has 0 amide bonds. The van der Waals surface area contributed by atoms with Gasteiger partial charge in [-0.25, -0.2) is 13.1 Å². The molecule has 5 nitrogen and oxygen atoms in total. The maximum Gasteiger partial charge on any atom is 0.306 e. The van der Waals surface area contributed by atoms with Gasteiger partial charge >= 0.3 is 5.97 Å². The van der Waals surface area contributed by atoms with Crippen molar-refractivity contribution in [1.29, 1.82) is 0 Å². The zero-order valence-electron chi connectivity index (χ0n) is 10.3. The Labute approximate surface area is 97.3 Å². The lowest BCUT2D eigenvalue weighted by molar-refractivity contribution is -0.141. The highest BCUT2D eigenvalue weighted by molar-refractivity contribution is 7.89. The van der Waals surface area contributed by atoms with Gasteiger partial charge in [-0.15, -0.1) is 0 Å². The van der Waals surface area contributed by atoms with E-state index in [1.165, 1.54) is 0 Å². The van der Waals surface area contributed by atoms with Gasteiger partial charge in [0.2, 0.25) is 10.0 Å². The summed E-state index contributed by atoms with van der Waals surface area (Å²) in [5.74, 6) is -1.39. The summed E-state index contributed by atoms with van der Waals surface area (Å²) in [6.45, 7) is 7.25. The molecule has 6 heteroatoms. The van der Waals surface area contributed by atoms with Crippen LogP contribution in [0.1, 0.15) is 34.1 Å². The average molecular weight is 251 g/mol. The Balaban J connectivity index is 4.07. The second-order valence-corrected chi connectivity index (χ2v) is 7.05. The molecular weight excluding hydrogens is 230 g/mol. The first-order valence-corrected chi connectivity index (χ1v) is 6.89. The second-order valence-electron chi connectivity index (χ2n) is 5.24. The van der Waals surface area contributed by atoms with E-state index in [1.807, 2.05) is 20.8 Å². The first-order valence-electron chi connectivity index (χ1n) is 5.24. The predicted octanol–water partition coefficient (Wildman–Crippen LogP) is 1.06. The number of carboxylic acid groups (broad SMARTS) is 1. The predicted molar refractivity (Wildman–Crippen MR) is 62.7 cm³/mol. The number of hydrogen-bond donors (Lipinski definition) is 2. The fourth-order valence-corrected chi connectivity index (χ4v) is 2.85. The SMILES string of the molecule is CC(CCNS(=O)(=O)CC(C)(C)C)C(=O)O. The summed E-state index contributed by atoms with van der Waals surface area (Å²) in [6.07, 6.45) is 0.304. The average Bonchev–Trinajstić information content (AvgIpc) is 1.98. The zero-order chi connectivity index (χ0) is 13.0. The van der Waals surface area contributed by atoms with Crippen molar-refractivity contribution in [3.63, 3.8) is 0 Å². The molecule has 0 radical (unpaired) electrons. The Kier molecular flexibility index (Phi) is 5.41. The van der Waals surface area contributed by atoms with Crippen LogP contribution in [-0.4, -0.2) is 31.8 Å². The Bertz CT molecular complexity index is 329. The van der Waals surface area contributed by atoms with E-state index in [4.69, 9.17) is 5.11 Å². The smallest absolute Gasteiger partial charge is 0.306 e. The van der Waals surface area contributed by atoms with E-state index >= 15 is 0 Å². The lowest BCUT2D eigenvalue weighted by Gasteiger charge is -2.18. The molecule has 0 aliphatic rings. The molecule has 16 heavy (non-hydrogen) atoms. The molecule has 2 N–H and O–H groups in total. The Morgan fingerprint density at radius 3 is 2.25 bits per heavy atom. The van der Waals surface area contributed by atoms with E-state index in [0.29, 0.717) is 6.42 Å².